The van der Waals surface area contributed by atoms with Crippen LogP contribution in [-0.2, 0) is 6.42 Å². The maximum atomic E-state index is 11.0. The zero-order valence-corrected chi connectivity index (χ0v) is 9.77. The second kappa shape index (κ2) is 4.74. The maximum Gasteiger partial charge on any atom is 0.293 e. The van der Waals surface area contributed by atoms with E-state index in [1.165, 1.54) is 19.8 Å². The van der Waals surface area contributed by atoms with E-state index in [0.29, 0.717) is 11.9 Å². The molecule has 1 aliphatic rings. The summed E-state index contributed by atoms with van der Waals surface area (Å²) in [6.07, 6.45) is 3.19. The summed E-state index contributed by atoms with van der Waals surface area (Å²) in [7, 11) is 0. The molecule has 16 heavy (non-hydrogen) atoms. The minimum atomic E-state index is -0.169. The summed E-state index contributed by atoms with van der Waals surface area (Å²) in [6, 6.07) is 0.502. The number of Topliss-reactive ketones (excluding diaryl/α,β-unsaturated/α-hetero) is 1. The lowest BCUT2D eigenvalue weighted by molar-refractivity contribution is 0.0972. The Hall–Kier alpha value is -1.23. The number of rotatable bonds is 4. The first-order valence-electron chi connectivity index (χ1n) is 5.78. The summed E-state index contributed by atoms with van der Waals surface area (Å²) in [5.74, 6) is 0.601. The lowest BCUT2D eigenvalue weighted by Gasteiger charge is -2.20. The third kappa shape index (κ3) is 2.29. The number of aromatic nitrogens is 2. The molecule has 2 heterocycles. The van der Waals surface area contributed by atoms with Crippen LogP contribution in [0.4, 0.5) is 0 Å². The quantitative estimate of drug-likeness (QED) is 0.720. The van der Waals surface area contributed by atoms with Crippen LogP contribution in [0.5, 0.6) is 0 Å². The number of carbonyl (C=O) groups excluding carboxylic acids is 1. The van der Waals surface area contributed by atoms with Crippen LogP contribution < -0.4 is 0 Å². The van der Waals surface area contributed by atoms with Crippen molar-refractivity contribution in [1.82, 2.24) is 15.0 Å². The van der Waals surface area contributed by atoms with Gasteiger partial charge in [-0.05, 0) is 25.9 Å². The van der Waals surface area contributed by atoms with Gasteiger partial charge in [0.1, 0.15) is 0 Å². The van der Waals surface area contributed by atoms with E-state index in [2.05, 4.69) is 22.0 Å². The molecule has 1 unspecified atom stereocenters. The average molecular weight is 223 g/mol. The van der Waals surface area contributed by atoms with Crippen LogP contribution in [0, 0.1) is 0 Å². The number of hydrogen-bond donors (Lipinski definition) is 0. The smallest absolute Gasteiger partial charge is 0.293 e. The number of nitrogens with zero attached hydrogens (tertiary/aromatic N) is 3. The fourth-order valence-corrected chi connectivity index (χ4v) is 2.23. The molecule has 0 bridgehead atoms. The molecule has 0 aromatic carbocycles. The highest BCUT2D eigenvalue weighted by Crippen LogP contribution is 2.19. The molecule has 1 atom stereocenters. The second-order valence-electron chi connectivity index (χ2n) is 4.20. The monoisotopic (exact) mass is 223 g/mol. The molecule has 1 aromatic heterocycles. The minimum absolute atomic E-state index is 0.121. The number of likely N-dealkylation sites (N-methyl/N-ethyl adjacent to an activating group) is 1. The van der Waals surface area contributed by atoms with Gasteiger partial charge in [0.25, 0.3) is 5.89 Å². The van der Waals surface area contributed by atoms with Gasteiger partial charge >= 0.3 is 0 Å². The molecule has 1 aliphatic heterocycles. The fourth-order valence-electron chi connectivity index (χ4n) is 2.23. The summed E-state index contributed by atoms with van der Waals surface area (Å²) in [5.41, 5.74) is 0. The molecular weight excluding hydrogens is 206 g/mol. The lowest BCUT2D eigenvalue weighted by Crippen LogP contribution is -2.31. The van der Waals surface area contributed by atoms with E-state index in [4.69, 9.17) is 4.52 Å². The molecule has 5 nitrogen and oxygen atoms in total. The summed E-state index contributed by atoms with van der Waals surface area (Å²) in [4.78, 5) is 17.5. The van der Waals surface area contributed by atoms with Gasteiger partial charge in [-0.15, -0.1) is 0 Å². The Morgan fingerprint density at radius 3 is 3.06 bits per heavy atom. The molecule has 1 fully saturated rings. The van der Waals surface area contributed by atoms with Gasteiger partial charge < -0.3 is 9.42 Å². The van der Waals surface area contributed by atoms with E-state index in [9.17, 15) is 4.79 Å². The van der Waals surface area contributed by atoms with E-state index in [1.54, 1.807) is 0 Å². The molecule has 0 saturated carbocycles. The number of ketones is 1. The van der Waals surface area contributed by atoms with Gasteiger partial charge in [-0.25, -0.2) is 0 Å². The van der Waals surface area contributed by atoms with E-state index in [1.807, 2.05) is 0 Å². The van der Waals surface area contributed by atoms with Gasteiger partial charge in [-0.1, -0.05) is 12.1 Å². The van der Waals surface area contributed by atoms with E-state index < -0.39 is 0 Å². The summed E-state index contributed by atoms with van der Waals surface area (Å²) >= 11 is 0. The van der Waals surface area contributed by atoms with Crippen molar-refractivity contribution in [3.63, 3.8) is 0 Å². The lowest BCUT2D eigenvalue weighted by atomic mass is 10.1. The highest BCUT2D eigenvalue weighted by molar-refractivity contribution is 5.89. The van der Waals surface area contributed by atoms with Crippen LogP contribution in [0.1, 0.15) is 43.2 Å². The molecule has 1 saturated heterocycles. The van der Waals surface area contributed by atoms with Crippen LogP contribution >= 0.6 is 0 Å². The van der Waals surface area contributed by atoms with E-state index >= 15 is 0 Å². The molecule has 0 N–H and O–H groups in total. The van der Waals surface area contributed by atoms with Crippen molar-refractivity contribution >= 4 is 5.78 Å². The zero-order valence-electron chi connectivity index (χ0n) is 9.77. The van der Waals surface area contributed by atoms with Crippen LogP contribution in [-0.4, -0.2) is 40.0 Å². The first-order valence-corrected chi connectivity index (χ1v) is 5.78. The molecule has 88 valence electrons. The fraction of sp³-hybridized carbons (Fsp3) is 0.727. The molecule has 0 amide bonds. The van der Waals surface area contributed by atoms with Crippen LogP contribution in [0.25, 0.3) is 0 Å². The number of carbonyl (C=O) groups is 1. The number of hydrogen-bond acceptors (Lipinski definition) is 5. The molecular formula is C11H17N3O2. The molecule has 5 heteroatoms. The Kier molecular flexibility index (Phi) is 3.33. The van der Waals surface area contributed by atoms with Gasteiger partial charge in [-0.2, -0.15) is 4.98 Å². The van der Waals surface area contributed by atoms with Crippen molar-refractivity contribution in [2.24, 2.45) is 0 Å². The third-order valence-electron chi connectivity index (χ3n) is 3.09. The second-order valence-corrected chi connectivity index (χ2v) is 4.20. The molecule has 0 radical (unpaired) electrons. The minimum Gasteiger partial charge on any atom is -0.331 e. The van der Waals surface area contributed by atoms with Gasteiger partial charge in [-0.3, -0.25) is 4.79 Å². The third-order valence-corrected chi connectivity index (χ3v) is 3.09. The van der Waals surface area contributed by atoms with Gasteiger partial charge in [0.15, 0.2) is 5.82 Å². The van der Waals surface area contributed by atoms with Crippen molar-refractivity contribution < 1.29 is 9.32 Å². The average Bonchev–Trinajstić information content (AvgIpc) is 2.87. The van der Waals surface area contributed by atoms with Gasteiger partial charge in [0, 0.05) is 19.4 Å². The molecule has 0 aliphatic carbocycles. The van der Waals surface area contributed by atoms with Crippen molar-refractivity contribution in [3.05, 3.63) is 11.7 Å². The van der Waals surface area contributed by atoms with Crippen molar-refractivity contribution in [2.75, 3.05) is 13.1 Å². The molecule has 1 aromatic rings. The Labute approximate surface area is 94.8 Å². The van der Waals surface area contributed by atoms with Crippen molar-refractivity contribution in [3.8, 4) is 0 Å². The van der Waals surface area contributed by atoms with Gasteiger partial charge in [0.05, 0.1) is 0 Å². The highest BCUT2D eigenvalue weighted by atomic mass is 16.5. The largest absolute Gasteiger partial charge is 0.331 e. The SMILES string of the molecule is CCN1CCCC1Cc1noc(C(C)=O)n1. The summed E-state index contributed by atoms with van der Waals surface area (Å²) < 4.78 is 4.88. The predicted octanol–water partition coefficient (Wildman–Crippen LogP) is 1.30. The summed E-state index contributed by atoms with van der Waals surface area (Å²) in [6.45, 7) is 5.81. The number of likely N-dealkylation sites (tertiary alicyclic amines) is 1. The Bertz CT molecular complexity index is 375. The Morgan fingerprint density at radius 1 is 1.62 bits per heavy atom. The molecule has 0 spiro atoms. The normalized spacial score (nSPS) is 21.5. The molecule has 2 rings (SSSR count). The van der Waals surface area contributed by atoms with Crippen LogP contribution in [0.3, 0.4) is 0 Å². The van der Waals surface area contributed by atoms with Crippen LogP contribution in [0.2, 0.25) is 0 Å². The van der Waals surface area contributed by atoms with Crippen molar-refractivity contribution in [1.29, 1.82) is 0 Å². The van der Waals surface area contributed by atoms with Crippen LogP contribution in [0.15, 0.2) is 4.52 Å². The highest BCUT2D eigenvalue weighted by Gasteiger charge is 2.25. The Morgan fingerprint density at radius 2 is 2.44 bits per heavy atom. The standard InChI is InChI=1S/C11H17N3O2/c1-3-14-6-4-5-9(14)7-10-12-11(8(2)15)16-13-10/h9H,3-7H2,1-2H3. The Balaban J connectivity index is 2.00. The first-order chi connectivity index (χ1) is 7.70. The van der Waals surface area contributed by atoms with Gasteiger partial charge in [0.2, 0.25) is 5.78 Å². The topological polar surface area (TPSA) is 59.2 Å². The summed E-state index contributed by atoms with van der Waals surface area (Å²) in [5, 5.41) is 3.84. The first kappa shape index (κ1) is 11.3. The maximum absolute atomic E-state index is 11.0. The van der Waals surface area contributed by atoms with Crippen molar-refractivity contribution in [2.45, 2.75) is 39.2 Å². The predicted molar refractivity (Wildman–Crippen MR) is 58.3 cm³/mol. The zero-order chi connectivity index (χ0) is 11.5. The van der Waals surface area contributed by atoms with E-state index in [0.717, 1.165) is 19.5 Å². The van der Waals surface area contributed by atoms with E-state index in [-0.39, 0.29) is 11.7 Å².